The molecule has 2 aliphatic heterocycles. The number of nitrogens with zero attached hydrogens (tertiary/aromatic N) is 2. The van der Waals surface area contributed by atoms with Gasteiger partial charge < -0.3 is 29.6 Å². The molecule has 2 N–H and O–H groups in total. The molecule has 0 radical (unpaired) electrons. The molecule has 67 heavy (non-hydrogen) atoms. The monoisotopic (exact) mass is 912 g/mol. The molecule has 14 nitrogen and oxygen atoms in total. The van der Waals surface area contributed by atoms with Crippen LogP contribution in [0.15, 0.2) is 103 Å². The molecule has 0 bridgehead atoms. The van der Waals surface area contributed by atoms with Crippen molar-refractivity contribution < 1.29 is 47.7 Å². The first-order chi connectivity index (χ1) is 31.8. The largest absolute Gasteiger partial charge is 0.467 e. The molecule has 0 saturated carbocycles. The summed E-state index contributed by atoms with van der Waals surface area (Å²) in [5.74, 6) is -2.67. The number of nitrogens with one attached hydrogen (secondary N) is 2. The topological polar surface area (TPSA) is 170 Å². The highest BCUT2D eigenvalue weighted by atomic mass is 16.6. The molecule has 4 amide bonds. The van der Waals surface area contributed by atoms with Crippen LogP contribution in [0.5, 0.6) is 0 Å². The van der Waals surface area contributed by atoms with Crippen molar-refractivity contribution in [1.82, 2.24) is 20.4 Å². The van der Waals surface area contributed by atoms with Gasteiger partial charge in [-0.2, -0.15) is 0 Å². The summed E-state index contributed by atoms with van der Waals surface area (Å²) in [6, 6.07) is 29.0. The average molecular weight is 913 g/mol. The minimum Gasteiger partial charge on any atom is -0.467 e. The molecule has 0 spiro atoms. The Morgan fingerprint density at radius 3 is 1.55 bits per heavy atom. The summed E-state index contributed by atoms with van der Waals surface area (Å²) < 4.78 is 21.9. The van der Waals surface area contributed by atoms with Gasteiger partial charge in [-0.15, -0.1) is 0 Å². The number of hydrogen-bond acceptors (Lipinski definition) is 10. The normalized spacial score (nSPS) is 18.1. The van der Waals surface area contributed by atoms with Gasteiger partial charge in [-0.3, -0.25) is 19.4 Å². The fourth-order valence-corrected chi connectivity index (χ4v) is 8.86. The Labute approximate surface area is 391 Å². The zero-order valence-electron chi connectivity index (χ0n) is 39.4. The van der Waals surface area contributed by atoms with Crippen LogP contribution in [0.4, 0.5) is 9.59 Å². The van der Waals surface area contributed by atoms with Crippen molar-refractivity contribution in [3.8, 4) is 0 Å². The highest BCUT2D eigenvalue weighted by molar-refractivity contribution is 5.92. The smallest absolute Gasteiger partial charge is 0.411 e. The lowest BCUT2D eigenvalue weighted by atomic mass is 9.88. The lowest BCUT2D eigenvalue weighted by Gasteiger charge is -2.37. The van der Waals surface area contributed by atoms with Crippen LogP contribution in [0.2, 0.25) is 0 Å². The van der Waals surface area contributed by atoms with Crippen LogP contribution in [-0.4, -0.2) is 102 Å². The SMILES string of the molecule is COC(=O)[C@H](Cc1ccc2ccccc2c1)NC(=O)[C@@H]1Cc2ccc([C@H]3C[C@@H](C(=O)N[C@@H](Cc4ccc5ccccc5c4)C(=O)OC)N(C(=O)OC(C)(C)C)C3)cc2CN1C(=O)OC(C)(C)C. The molecule has 0 aliphatic carbocycles. The highest BCUT2D eigenvalue weighted by Crippen LogP contribution is 2.36. The fraction of sp³-hybridized carbons (Fsp3) is 0.396. The summed E-state index contributed by atoms with van der Waals surface area (Å²) in [7, 11) is 2.53. The van der Waals surface area contributed by atoms with Crippen LogP contribution >= 0.6 is 0 Å². The van der Waals surface area contributed by atoms with E-state index in [1.54, 1.807) is 41.5 Å². The van der Waals surface area contributed by atoms with Gasteiger partial charge in [0.2, 0.25) is 11.8 Å². The van der Waals surface area contributed by atoms with E-state index in [1.807, 2.05) is 103 Å². The van der Waals surface area contributed by atoms with E-state index in [2.05, 4.69) is 10.6 Å². The molecule has 0 unspecified atom stereocenters. The predicted molar refractivity (Wildman–Crippen MR) is 253 cm³/mol. The number of amides is 4. The second kappa shape index (κ2) is 19.9. The van der Waals surface area contributed by atoms with Gasteiger partial charge in [-0.05, 0) is 97.3 Å². The number of methoxy groups -OCH3 is 2. The third-order valence-electron chi connectivity index (χ3n) is 12.1. The van der Waals surface area contributed by atoms with Gasteiger partial charge in [0.25, 0.3) is 0 Å². The number of carbonyl (C=O) groups excluding carboxylic acids is 6. The van der Waals surface area contributed by atoms with Crippen LogP contribution < -0.4 is 10.6 Å². The van der Waals surface area contributed by atoms with E-state index in [1.165, 1.54) is 24.0 Å². The van der Waals surface area contributed by atoms with Crippen LogP contribution in [0, 0.1) is 0 Å². The Balaban J connectivity index is 1.13. The number of fused-ring (bicyclic) bond motifs is 3. The van der Waals surface area contributed by atoms with Crippen LogP contribution in [0.3, 0.4) is 0 Å². The minimum absolute atomic E-state index is 0.00569. The standard InChI is InChI=1S/C53H60N4O10/c1-52(2,3)66-50(62)56-30-40-27-38(21-22-39(40)28-44(56)46(58)54-42(48(60)64-7)25-32-17-19-34-13-9-11-15-36(34)23-32)41-29-45(57(31-41)51(63)67-53(4,5)6)47(59)55-43(49(61)65-8)26-33-18-20-35-14-10-12-16-37(35)24-33/h9-24,27,41-45H,25-26,28-31H2,1-8H3,(H,54,58)(H,55,59)/t41-,42-,43-,44-,45-/m0/s1. The van der Waals surface area contributed by atoms with E-state index in [9.17, 15) is 28.8 Å². The van der Waals surface area contributed by atoms with Gasteiger partial charge in [0.15, 0.2) is 0 Å². The maximum absolute atomic E-state index is 14.3. The number of carbonyl (C=O) groups is 6. The summed E-state index contributed by atoms with van der Waals surface area (Å²) in [6.45, 7) is 10.6. The molecule has 1 saturated heterocycles. The van der Waals surface area contributed by atoms with E-state index in [0.717, 1.165) is 49.4 Å². The third-order valence-corrected chi connectivity index (χ3v) is 12.1. The third kappa shape index (κ3) is 11.7. The first kappa shape index (κ1) is 48.0. The number of esters is 2. The van der Waals surface area contributed by atoms with Crippen LogP contribution in [-0.2, 0) is 63.9 Å². The van der Waals surface area contributed by atoms with Crippen molar-refractivity contribution in [2.24, 2.45) is 0 Å². The molecule has 14 heteroatoms. The molecule has 352 valence electrons. The molecule has 7 rings (SSSR count). The summed E-state index contributed by atoms with van der Waals surface area (Å²) in [4.78, 5) is 85.4. The minimum atomic E-state index is -1.04. The first-order valence-corrected chi connectivity index (χ1v) is 22.6. The molecule has 1 fully saturated rings. The highest BCUT2D eigenvalue weighted by Gasteiger charge is 2.44. The lowest BCUT2D eigenvalue weighted by molar-refractivity contribution is -0.146. The van der Waals surface area contributed by atoms with Gasteiger partial charge >= 0.3 is 24.1 Å². The quantitative estimate of drug-likeness (QED) is 0.0997. The summed E-state index contributed by atoms with van der Waals surface area (Å²) in [5.41, 5.74) is 2.27. The van der Waals surface area contributed by atoms with Crippen molar-refractivity contribution in [3.63, 3.8) is 0 Å². The molecule has 5 aromatic carbocycles. The number of hydrogen-bond donors (Lipinski definition) is 2. The second-order valence-corrected chi connectivity index (χ2v) is 19.4. The van der Waals surface area contributed by atoms with Gasteiger partial charge in [0.05, 0.1) is 20.8 Å². The Bertz CT molecular complexity index is 2690. The molecule has 5 aromatic rings. The van der Waals surface area contributed by atoms with Crippen molar-refractivity contribution >= 4 is 57.5 Å². The molecule has 2 aliphatic rings. The zero-order chi connectivity index (χ0) is 48.2. The second-order valence-electron chi connectivity index (χ2n) is 19.4. The summed E-state index contributed by atoms with van der Waals surface area (Å²) in [5, 5.41) is 9.82. The molecule has 0 aromatic heterocycles. The van der Waals surface area contributed by atoms with Crippen molar-refractivity contribution in [2.75, 3.05) is 20.8 Å². The fourth-order valence-electron chi connectivity index (χ4n) is 8.86. The molecular weight excluding hydrogens is 853 g/mol. The van der Waals surface area contributed by atoms with Gasteiger partial charge in [-0.1, -0.05) is 103 Å². The van der Waals surface area contributed by atoms with Crippen molar-refractivity contribution in [2.45, 2.75) is 115 Å². The van der Waals surface area contributed by atoms with Crippen molar-refractivity contribution in [1.29, 1.82) is 0 Å². The average Bonchev–Trinajstić information content (AvgIpc) is 3.75. The van der Waals surface area contributed by atoms with E-state index < -0.39 is 71.3 Å². The van der Waals surface area contributed by atoms with Gasteiger partial charge in [0, 0.05) is 31.7 Å². The molecule has 2 heterocycles. The maximum Gasteiger partial charge on any atom is 0.411 e. The first-order valence-electron chi connectivity index (χ1n) is 22.6. The summed E-state index contributed by atoms with van der Waals surface area (Å²) in [6.07, 6.45) is -0.718. The number of likely N-dealkylation sites (tertiary alicyclic amines) is 1. The van der Waals surface area contributed by atoms with E-state index in [-0.39, 0.29) is 44.7 Å². The van der Waals surface area contributed by atoms with Crippen LogP contribution in [0.1, 0.15) is 81.7 Å². The predicted octanol–water partition coefficient (Wildman–Crippen LogP) is 7.55. The van der Waals surface area contributed by atoms with Gasteiger partial charge in [0.1, 0.15) is 35.4 Å². The molecular formula is C53H60N4O10. The Kier molecular flexibility index (Phi) is 14.2. The van der Waals surface area contributed by atoms with E-state index >= 15 is 0 Å². The maximum atomic E-state index is 14.3. The zero-order valence-corrected chi connectivity index (χ0v) is 39.4. The lowest BCUT2D eigenvalue weighted by Crippen LogP contribution is -2.56. The number of benzene rings is 5. The Morgan fingerprint density at radius 1 is 0.582 bits per heavy atom. The van der Waals surface area contributed by atoms with Crippen LogP contribution in [0.25, 0.3) is 21.5 Å². The van der Waals surface area contributed by atoms with E-state index in [4.69, 9.17) is 18.9 Å². The summed E-state index contributed by atoms with van der Waals surface area (Å²) >= 11 is 0. The Hall–Kier alpha value is -6.96. The number of rotatable bonds is 11. The van der Waals surface area contributed by atoms with Gasteiger partial charge in [-0.25, -0.2) is 19.2 Å². The molecule has 5 atom stereocenters. The van der Waals surface area contributed by atoms with E-state index in [0.29, 0.717) is 0 Å². The Morgan fingerprint density at radius 2 is 1.06 bits per heavy atom. The van der Waals surface area contributed by atoms with Crippen molar-refractivity contribution in [3.05, 3.63) is 131 Å². The number of ether oxygens (including phenoxy) is 4.